The normalized spacial score (nSPS) is 16.5. The highest BCUT2D eigenvalue weighted by molar-refractivity contribution is 6.00. The van der Waals surface area contributed by atoms with Crippen LogP contribution in [0.5, 0.6) is 0 Å². The predicted octanol–water partition coefficient (Wildman–Crippen LogP) is 2.87. The van der Waals surface area contributed by atoms with Gasteiger partial charge in [-0.3, -0.25) is 19.4 Å². The first-order chi connectivity index (χ1) is 16.5. The van der Waals surface area contributed by atoms with Crippen molar-refractivity contribution in [3.63, 3.8) is 0 Å². The van der Waals surface area contributed by atoms with Crippen molar-refractivity contribution in [3.05, 3.63) is 41.7 Å². The van der Waals surface area contributed by atoms with E-state index < -0.39 is 6.04 Å². The summed E-state index contributed by atoms with van der Waals surface area (Å²) in [7, 11) is 0. The molecule has 0 aliphatic heterocycles. The molecular weight excluding hydrogens is 432 g/mol. The fourth-order valence-corrected chi connectivity index (χ4v) is 4.84. The van der Waals surface area contributed by atoms with Crippen LogP contribution < -0.4 is 10.6 Å². The lowest BCUT2D eigenvalue weighted by atomic mass is 9.88. The Morgan fingerprint density at radius 1 is 1.15 bits per heavy atom. The van der Waals surface area contributed by atoms with E-state index in [1.807, 2.05) is 20.8 Å². The summed E-state index contributed by atoms with van der Waals surface area (Å²) in [5.41, 5.74) is 3.53. The number of aromatic nitrogens is 6. The van der Waals surface area contributed by atoms with Crippen molar-refractivity contribution in [2.75, 3.05) is 5.32 Å². The van der Waals surface area contributed by atoms with Crippen molar-refractivity contribution in [1.29, 1.82) is 0 Å². The molecule has 2 saturated carbocycles. The van der Waals surface area contributed by atoms with Gasteiger partial charge in [0.1, 0.15) is 11.7 Å². The molecule has 34 heavy (non-hydrogen) atoms. The molecule has 1 atom stereocenters. The number of aromatic amines is 1. The van der Waals surface area contributed by atoms with Crippen LogP contribution in [-0.4, -0.2) is 47.8 Å². The van der Waals surface area contributed by atoms with E-state index in [9.17, 15) is 9.59 Å². The summed E-state index contributed by atoms with van der Waals surface area (Å²) >= 11 is 0. The summed E-state index contributed by atoms with van der Waals surface area (Å²) in [6.45, 7) is 6.33. The molecule has 2 aliphatic carbocycles. The minimum Gasteiger partial charge on any atom is -0.339 e. The van der Waals surface area contributed by atoms with Gasteiger partial charge in [-0.15, -0.1) is 0 Å². The van der Waals surface area contributed by atoms with Crippen LogP contribution in [0.2, 0.25) is 0 Å². The molecule has 2 amide bonds. The van der Waals surface area contributed by atoms with Crippen LogP contribution in [0.1, 0.15) is 54.5 Å². The van der Waals surface area contributed by atoms with E-state index in [1.54, 1.807) is 29.3 Å². The number of rotatable bonds is 9. The number of aryl methyl sites for hydroxylation is 3. The van der Waals surface area contributed by atoms with Crippen LogP contribution in [-0.2, 0) is 11.3 Å². The first-order valence-electron chi connectivity index (χ1n) is 11.9. The van der Waals surface area contributed by atoms with Gasteiger partial charge in [-0.1, -0.05) is 0 Å². The predicted molar refractivity (Wildman–Crippen MR) is 126 cm³/mol. The molecular formula is C24H30N8O2. The lowest BCUT2D eigenvalue weighted by Gasteiger charge is -2.27. The molecule has 3 aromatic heterocycles. The number of anilines is 1. The second-order valence-electron chi connectivity index (χ2n) is 9.33. The van der Waals surface area contributed by atoms with Crippen LogP contribution in [0.3, 0.4) is 0 Å². The molecule has 178 valence electrons. The lowest BCUT2D eigenvalue weighted by Crippen LogP contribution is -2.50. The average Bonchev–Trinajstić information content (AvgIpc) is 3.76. The molecule has 0 bridgehead atoms. The number of H-pyrrole nitrogens is 1. The number of hydrogen-bond acceptors (Lipinski definition) is 6. The third-order valence-electron chi connectivity index (χ3n) is 6.81. The molecule has 3 aromatic rings. The van der Waals surface area contributed by atoms with Gasteiger partial charge in [0.05, 0.1) is 29.3 Å². The van der Waals surface area contributed by atoms with Gasteiger partial charge < -0.3 is 10.6 Å². The Labute approximate surface area is 198 Å². The minimum atomic E-state index is -0.620. The topological polar surface area (TPSA) is 130 Å². The number of nitrogens with one attached hydrogen (secondary N) is 3. The van der Waals surface area contributed by atoms with Crippen LogP contribution >= 0.6 is 0 Å². The quantitative estimate of drug-likeness (QED) is 0.448. The number of nitrogens with zero attached hydrogens (tertiary/aromatic N) is 5. The van der Waals surface area contributed by atoms with Gasteiger partial charge in [0.2, 0.25) is 5.91 Å². The van der Waals surface area contributed by atoms with Gasteiger partial charge in [-0.25, -0.2) is 9.97 Å². The lowest BCUT2D eigenvalue weighted by molar-refractivity contribution is -0.119. The van der Waals surface area contributed by atoms with Crippen LogP contribution in [0, 0.1) is 31.6 Å². The number of amides is 2. The molecule has 0 aromatic carbocycles. The highest BCUT2D eigenvalue weighted by Gasteiger charge is 2.48. The summed E-state index contributed by atoms with van der Waals surface area (Å²) in [4.78, 5) is 35.4. The number of carbonyl (C=O) groups excluding carboxylic acids is 2. The molecule has 1 unspecified atom stereocenters. The van der Waals surface area contributed by atoms with Crippen molar-refractivity contribution in [3.8, 4) is 11.4 Å². The van der Waals surface area contributed by atoms with Gasteiger partial charge in [-0.2, -0.15) is 10.2 Å². The maximum Gasteiger partial charge on any atom is 0.270 e. The Morgan fingerprint density at radius 3 is 2.38 bits per heavy atom. The van der Waals surface area contributed by atoms with Crippen molar-refractivity contribution in [2.24, 2.45) is 17.8 Å². The van der Waals surface area contributed by atoms with E-state index in [0.717, 1.165) is 42.6 Å². The smallest absolute Gasteiger partial charge is 0.270 e. The Hall–Kier alpha value is -3.56. The van der Waals surface area contributed by atoms with E-state index >= 15 is 0 Å². The summed E-state index contributed by atoms with van der Waals surface area (Å²) in [6.07, 6.45) is 9.23. The summed E-state index contributed by atoms with van der Waals surface area (Å²) < 4.78 is 1.64. The highest BCUT2D eigenvalue weighted by Crippen LogP contribution is 2.50. The molecule has 2 fully saturated rings. The third kappa shape index (κ3) is 4.44. The monoisotopic (exact) mass is 462 g/mol. The van der Waals surface area contributed by atoms with Gasteiger partial charge in [0.25, 0.3) is 5.91 Å². The number of hydrogen-bond donors (Lipinski definition) is 3. The van der Waals surface area contributed by atoms with E-state index in [4.69, 9.17) is 0 Å². The molecule has 0 saturated heterocycles. The third-order valence-corrected chi connectivity index (χ3v) is 6.81. The van der Waals surface area contributed by atoms with E-state index in [2.05, 4.69) is 35.9 Å². The Bertz CT molecular complexity index is 1160. The van der Waals surface area contributed by atoms with E-state index in [0.29, 0.717) is 35.6 Å². The van der Waals surface area contributed by atoms with Crippen molar-refractivity contribution in [1.82, 2.24) is 35.3 Å². The highest BCUT2D eigenvalue weighted by atomic mass is 16.2. The van der Waals surface area contributed by atoms with Crippen LogP contribution in [0.15, 0.2) is 24.7 Å². The van der Waals surface area contributed by atoms with Gasteiger partial charge >= 0.3 is 0 Å². The zero-order valence-corrected chi connectivity index (χ0v) is 19.7. The zero-order chi connectivity index (χ0) is 23.8. The first kappa shape index (κ1) is 22.2. The Kier molecular flexibility index (Phi) is 5.89. The summed E-state index contributed by atoms with van der Waals surface area (Å²) in [5.74, 6) is 1.14. The minimum absolute atomic E-state index is 0.137. The zero-order valence-electron chi connectivity index (χ0n) is 19.7. The van der Waals surface area contributed by atoms with E-state index in [1.165, 1.54) is 0 Å². The van der Waals surface area contributed by atoms with Crippen LogP contribution in [0.4, 0.5) is 5.69 Å². The van der Waals surface area contributed by atoms with Crippen LogP contribution in [0.25, 0.3) is 11.4 Å². The van der Waals surface area contributed by atoms with Gasteiger partial charge in [0.15, 0.2) is 5.82 Å². The van der Waals surface area contributed by atoms with E-state index in [-0.39, 0.29) is 17.7 Å². The standard InChI is InChI=1S/C24H30N8O2/c1-4-32-18(9-10-27-32)23(33)29-21(20(15-5-6-15)16-7-8-16)24(34)28-17-11-25-22(26-12-17)19-13(2)30-31-14(19)3/h9-12,15-16,20-21H,4-8H2,1-3H3,(H,28,34)(H,29,33)(H,30,31). The molecule has 5 rings (SSSR count). The fourth-order valence-electron chi connectivity index (χ4n) is 4.84. The summed E-state index contributed by atoms with van der Waals surface area (Å²) in [6, 6.07) is 1.06. The van der Waals surface area contributed by atoms with Crippen molar-refractivity contribution < 1.29 is 9.59 Å². The fraction of sp³-hybridized carbons (Fsp3) is 0.500. The first-order valence-corrected chi connectivity index (χ1v) is 11.9. The molecule has 10 heteroatoms. The largest absolute Gasteiger partial charge is 0.339 e. The molecule has 3 N–H and O–H groups in total. The van der Waals surface area contributed by atoms with Crippen molar-refractivity contribution >= 4 is 17.5 Å². The second-order valence-corrected chi connectivity index (χ2v) is 9.33. The molecule has 0 radical (unpaired) electrons. The maximum absolute atomic E-state index is 13.5. The second kappa shape index (κ2) is 9.00. The molecule has 10 nitrogen and oxygen atoms in total. The summed E-state index contributed by atoms with van der Waals surface area (Å²) in [5, 5.41) is 17.3. The maximum atomic E-state index is 13.5. The van der Waals surface area contributed by atoms with Gasteiger partial charge in [0, 0.05) is 18.4 Å². The average molecular weight is 463 g/mol. The molecule has 0 spiro atoms. The Morgan fingerprint density at radius 2 is 1.82 bits per heavy atom. The van der Waals surface area contributed by atoms with Crippen molar-refractivity contribution in [2.45, 2.75) is 59.0 Å². The SMILES string of the molecule is CCn1nccc1C(=O)NC(C(=O)Nc1cnc(-c2c(C)n[nH]c2C)nc1)C(C1CC1)C1CC1. The Balaban J connectivity index is 1.35. The molecule has 3 heterocycles. The number of carbonyl (C=O) groups is 2. The van der Waals surface area contributed by atoms with Gasteiger partial charge in [-0.05, 0) is 70.3 Å². The molecule has 2 aliphatic rings.